The van der Waals surface area contributed by atoms with Crippen LogP contribution in [0.2, 0.25) is 0 Å². The van der Waals surface area contributed by atoms with Gasteiger partial charge in [-0.25, -0.2) is 4.79 Å². The van der Waals surface area contributed by atoms with Crippen LogP contribution in [-0.4, -0.2) is 17.6 Å². The van der Waals surface area contributed by atoms with Gasteiger partial charge in [-0.05, 0) is 30.5 Å². The molecular formula is C12H17NO2. The summed E-state index contributed by atoms with van der Waals surface area (Å²) < 4.78 is 0. The van der Waals surface area contributed by atoms with Gasteiger partial charge in [0.1, 0.15) is 0 Å². The van der Waals surface area contributed by atoms with Crippen LogP contribution in [0, 0.1) is 12.8 Å². The predicted molar refractivity (Wildman–Crippen MR) is 61.5 cm³/mol. The quantitative estimate of drug-likeness (QED) is 0.798. The highest BCUT2D eigenvalue weighted by Crippen LogP contribution is 2.19. The monoisotopic (exact) mass is 207 g/mol. The van der Waals surface area contributed by atoms with Gasteiger partial charge in [-0.1, -0.05) is 19.9 Å². The summed E-state index contributed by atoms with van der Waals surface area (Å²) in [5, 5.41) is 12.2. The normalized spacial score (nSPS) is 10.4. The van der Waals surface area contributed by atoms with Crippen LogP contribution in [0.15, 0.2) is 18.2 Å². The summed E-state index contributed by atoms with van der Waals surface area (Å²) in [4.78, 5) is 10.9. The Kier molecular flexibility index (Phi) is 3.72. The molecule has 0 amide bonds. The van der Waals surface area contributed by atoms with Gasteiger partial charge in [-0.15, -0.1) is 0 Å². The maximum absolute atomic E-state index is 10.9. The van der Waals surface area contributed by atoms with Gasteiger partial charge in [0.15, 0.2) is 0 Å². The maximum Gasteiger partial charge on any atom is 0.336 e. The Morgan fingerprint density at radius 2 is 2.13 bits per heavy atom. The zero-order valence-electron chi connectivity index (χ0n) is 9.37. The molecular weight excluding hydrogens is 190 g/mol. The van der Waals surface area contributed by atoms with Crippen LogP contribution < -0.4 is 5.32 Å². The largest absolute Gasteiger partial charge is 0.478 e. The zero-order valence-corrected chi connectivity index (χ0v) is 9.37. The fourth-order valence-corrected chi connectivity index (χ4v) is 1.37. The highest BCUT2D eigenvalue weighted by Gasteiger charge is 2.09. The lowest BCUT2D eigenvalue weighted by Gasteiger charge is -2.12. The van der Waals surface area contributed by atoms with Crippen LogP contribution in [-0.2, 0) is 0 Å². The molecule has 1 rings (SSSR count). The summed E-state index contributed by atoms with van der Waals surface area (Å²) in [6.45, 7) is 6.91. The van der Waals surface area contributed by atoms with Crippen molar-refractivity contribution in [2.45, 2.75) is 20.8 Å². The van der Waals surface area contributed by atoms with E-state index in [9.17, 15) is 4.79 Å². The minimum absolute atomic E-state index is 0.365. The molecule has 0 fully saturated rings. The molecule has 0 atom stereocenters. The number of nitrogens with one attached hydrogen (secondary N) is 1. The van der Waals surface area contributed by atoms with Gasteiger partial charge in [-0.2, -0.15) is 0 Å². The van der Waals surface area contributed by atoms with Crippen molar-refractivity contribution in [3.05, 3.63) is 29.3 Å². The first-order valence-corrected chi connectivity index (χ1v) is 5.09. The number of hydrogen-bond acceptors (Lipinski definition) is 2. The van der Waals surface area contributed by atoms with E-state index in [4.69, 9.17) is 5.11 Å². The Labute approximate surface area is 90.1 Å². The molecule has 1 aromatic rings. The fraction of sp³-hybridized carbons (Fsp3) is 0.417. The van der Waals surface area contributed by atoms with Gasteiger partial charge in [0.25, 0.3) is 0 Å². The molecule has 0 bridgehead atoms. The number of carboxylic acids is 1. The zero-order chi connectivity index (χ0) is 11.4. The van der Waals surface area contributed by atoms with E-state index < -0.39 is 5.97 Å². The third kappa shape index (κ3) is 2.98. The molecule has 15 heavy (non-hydrogen) atoms. The Morgan fingerprint density at radius 3 is 2.67 bits per heavy atom. The Bertz CT molecular complexity index is 359. The number of carbonyl (C=O) groups is 1. The first-order chi connectivity index (χ1) is 7.02. The minimum atomic E-state index is -0.874. The standard InChI is InChI=1S/C12H17NO2/c1-8(2)7-13-11-6-4-5-10(9(11)3)12(14)15/h4-6,8,13H,7H2,1-3H3,(H,14,15). The SMILES string of the molecule is Cc1c(NCC(C)C)cccc1C(=O)O. The van der Waals surface area contributed by atoms with E-state index in [-0.39, 0.29) is 0 Å². The Morgan fingerprint density at radius 1 is 1.47 bits per heavy atom. The van der Waals surface area contributed by atoms with Gasteiger partial charge >= 0.3 is 5.97 Å². The van der Waals surface area contributed by atoms with E-state index in [1.807, 2.05) is 13.0 Å². The maximum atomic E-state index is 10.9. The second-order valence-corrected chi connectivity index (χ2v) is 4.06. The van der Waals surface area contributed by atoms with Crippen LogP contribution in [0.25, 0.3) is 0 Å². The Hall–Kier alpha value is -1.51. The summed E-state index contributed by atoms with van der Waals surface area (Å²) in [6, 6.07) is 5.29. The molecule has 0 aliphatic heterocycles. The molecule has 0 aliphatic carbocycles. The Balaban J connectivity index is 2.89. The third-order valence-corrected chi connectivity index (χ3v) is 2.26. The molecule has 0 aromatic heterocycles. The predicted octanol–water partition coefficient (Wildman–Crippen LogP) is 2.76. The van der Waals surface area contributed by atoms with Gasteiger partial charge in [0, 0.05) is 12.2 Å². The average Bonchev–Trinajstić information content (AvgIpc) is 2.15. The highest BCUT2D eigenvalue weighted by atomic mass is 16.4. The molecule has 0 unspecified atom stereocenters. The van der Waals surface area contributed by atoms with Crippen LogP contribution in [0.4, 0.5) is 5.69 Å². The number of rotatable bonds is 4. The molecule has 0 heterocycles. The second-order valence-electron chi connectivity index (χ2n) is 4.06. The second kappa shape index (κ2) is 4.82. The van der Waals surface area contributed by atoms with Gasteiger partial charge in [0.2, 0.25) is 0 Å². The van der Waals surface area contributed by atoms with Crippen molar-refractivity contribution in [1.29, 1.82) is 0 Å². The van der Waals surface area contributed by atoms with Crippen LogP contribution in [0.3, 0.4) is 0 Å². The molecule has 0 saturated heterocycles. The van der Waals surface area contributed by atoms with E-state index in [1.54, 1.807) is 12.1 Å². The lowest BCUT2D eigenvalue weighted by Crippen LogP contribution is -2.10. The number of aromatic carboxylic acids is 1. The number of carboxylic acid groups (broad SMARTS) is 1. The molecule has 2 N–H and O–H groups in total. The number of benzene rings is 1. The molecule has 0 radical (unpaired) electrons. The van der Waals surface area contributed by atoms with Crippen molar-refractivity contribution in [2.24, 2.45) is 5.92 Å². The summed E-state index contributed by atoms with van der Waals surface area (Å²) in [6.07, 6.45) is 0. The van der Waals surface area contributed by atoms with Crippen molar-refractivity contribution < 1.29 is 9.90 Å². The summed E-state index contributed by atoms with van der Waals surface area (Å²) in [5.74, 6) is -0.335. The topological polar surface area (TPSA) is 49.3 Å². The van der Waals surface area contributed by atoms with Gasteiger partial charge in [0.05, 0.1) is 5.56 Å². The van der Waals surface area contributed by atoms with Gasteiger partial charge < -0.3 is 10.4 Å². The molecule has 3 nitrogen and oxygen atoms in total. The van der Waals surface area contributed by atoms with E-state index in [0.717, 1.165) is 17.8 Å². The smallest absolute Gasteiger partial charge is 0.336 e. The van der Waals surface area contributed by atoms with E-state index in [0.29, 0.717) is 11.5 Å². The minimum Gasteiger partial charge on any atom is -0.478 e. The summed E-state index contributed by atoms with van der Waals surface area (Å²) in [7, 11) is 0. The van der Waals surface area contributed by atoms with E-state index in [2.05, 4.69) is 19.2 Å². The molecule has 1 aromatic carbocycles. The third-order valence-electron chi connectivity index (χ3n) is 2.26. The summed E-state index contributed by atoms with van der Waals surface area (Å²) in [5.41, 5.74) is 2.07. The van der Waals surface area contributed by atoms with Crippen molar-refractivity contribution >= 4 is 11.7 Å². The van der Waals surface area contributed by atoms with Crippen molar-refractivity contribution in [3.8, 4) is 0 Å². The highest BCUT2D eigenvalue weighted by molar-refractivity contribution is 5.91. The van der Waals surface area contributed by atoms with Crippen molar-refractivity contribution in [2.75, 3.05) is 11.9 Å². The molecule has 0 spiro atoms. The lowest BCUT2D eigenvalue weighted by molar-refractivity contribution is 0.0696. The van der Waals surface area contributed by atoms with Crippen LogP contribution >= 0.6 is 0 Å². The number of anilines is 1. The number of hydrogen-bond donors (Lipinski definition) is 2. The first kappa shape index (κ1) is 11.6. The van der Waals surface area contributed by atoms with Crippen molar-refractivity contribution in [3.63, 3.8) is 0 Å². The van der Waals surface area contributed by atoms with Crippen molar-refractivity contribution in [1.82, 2.24) is 0 Å². The molecule has 3 heteroatoms. The van der Waals surface area contributed by atoms with E-state index in [1.165, 1.54) is 0 Å². The molecule has 0 saturated carbocycles. The van der Waals surface area contributed by atoms with Gasteiger partial charge in [-0.3, -0.25) is 0 Å². The van der Waals surface area contributed by atoms with E-state index >= 15 is 0 Å². The van der Waals surface area contributed by atoms with Crippen LogP contribution in [0.5, 0.6) is 0 Å². The molecule has 82 valence electrons. The first-order valence-electron chi connectivity index (χ1n) is 5.09. The fourth-order valence-electron chi connectivity index (χ4n) is 1.37. The molecule has 0 aliphatic rings. The average molecular weight is 207 g/mol. The van der Waals surface area contributed by atoms with Crippen LogP contribution in [0.1, 0.15) is 29.8 Å². The summed E-state index contributed by atoms with van der Waals surface area (Å²) >= 11 is 0. The lowest BCUT2D eigenvalue weighted by atomic mass is 10.1.